The third-order valence-corrected chi connectivity index (χ3v) is 2.59. The molecule has 0 aliphatic carbocycles. The van der Waals surface area contributed by atoms with Gasteiger partial charge in [0.05, 0.1) is 39.6 Å². The van der Waals surface area contributed by atoms with Crippen LogP contribution in [0.3, 0.4) is 0 Å². The smallest absolute Gasteiger partial charge is 0.377 e. The van der Waals surface area contributed by atoms with E-state index in [1.165, 1.54) is 6.07 Å². The molecule has 2 bridgehead atoms. The second kappa shape index (κ2) is 9.13. The Bertz CT molecular complexity index is 446. The van der Waals surface area contributed by atoms with Gasteiger partial charge in [0.2, 0.25) is 5.76 Å². The minimum absolute atomic E-state index is 0.0580. The number of esters is 2. The number of cyclic esters (lactones) is 2. The molecule has 0 atom stereocenters. The first-order valence-corrected chi connectivity index (χ1v) is 6.81. The number of fused-ring (bicyclic) bond motifs is 2. The molecular formula is C13H17NO8. The second-order valence-corrected chi connectivity index (χ2v) is 4.19. The SMILES string of the molecule is O=C1OCCOCCOCCOCCOC(=O)c2cc1no2. The van der Waals surface area contributed by atoms with Crippen molar-refractivity contribution in [1.82, 2.24) is 5.16 Å². The van der Waals surface area contributed by atoms with E-state index < -0.39 is 11.9 Å². The van der Waals surface area contributed by atoms with Gasteiger partial charge >= 0.3 is 11.9 Å². The Morgan fingerprint density at radius 3 is 1.82 bits per heavy atom. The van der Waals surface area contributed by atoms with E-state index in [2.05, 4.69) is 5.16 Å². The van der Waals surface area contributed by atoms with Gasteiger partial charge in [-0.3, -0.25) is 0 Å². The highest BCUT2D eigenvalue weighted by atomic mass is 16.6. The molecule has 9 heteroatoms. The first-order chi connectivity index (χ1) is 10.8. The Morgan fingerprint density at radius 2 is 1.23 bits per heavy atom. The van der Waals surface area contributed by atoms with Gasteiger partial charge in [0, 0.05) is 6.07 Å². The highest BCUT2D eigenvalue weighted by Gasteiger charge is 2.19. The summed E-state index contributed by atoms with van der Waals surface area (Å²) in [6.07, 6.45) is 0. The van der Waals surface area contributed by atoms with Gasteiger partial charge in [0.25, 0.3) is 0 Å². The monoisotopic (exact) mass is 315 g/mol. The van der Waals surface area contributed by atoms with Crippen LogP contribution in [0.4, 0.5) is 0 Å². The Hall–Kier alpha value is -1.97. The fraction of sp³-hybridized carbons (Fsp3) is 0.615. The number of aromatic nitrogens is 1. The largest absolute Gasteiger partial charge is 0.458 e. The van der Waals surface area contributed by atoms with E-state index in [9.17, 15) is 9.59 Å². The number of rotatable bonds is 0. The number of nitrogens with zero attached hydrogens (tertiary/aromatic N) is 1. The van der Waals surface area contributed by atoms with Crippen LogP contribution in [0.2, 0.25) is 0 Å². The molecule has 122 valence electrons. The predicted molar refractivity (Wildman–Crippen MR) is 69.5 cm³/mol. The van der Waals surface area contributed by atoms with Crippen molar-refractivity contribution in [2.75, 3.05) is 52.9 Å². The van der Waals surface area contributed by atoms with Crippen LogP contribution in [-0.2, 0) is 23.7 Å². The molecule has 0 N–H and O–H groups in total. The van der Waals surface area contributed by atoms with Crippen LogP contribution in [0.15, 0.2) is 10.6 Å². The average molecular weight is 315 g/mol. The molecule has 0 unspecified atom stereocenters. The summed E-state index contributed by atoms with van der Waals surface area (Å²) in [5.41, 5.74) is -0.104. The molecular weight excluding hydrogens is 298 g/mol. The maximum absolute atomic E-state index is 11.6. The number of ether oxygens (including phenoxy) is 5. The van der Waals surface area contributed by atoms with Gasteiger partial charge in [-0.15, -0.1) is 0 Å². The van der Waals surface area contributed by atoms with E-state index in [0.717, 1.165) is 0 Å². The minimum Gasteiger partial charge on any atom is -0.458 e. The molecule has 2 rings (SSSR count). The van der Waals surface area contributed by atoms with Crippen molar-refractivity contribution in [2.24, 2.45) is 0 Å². The van der Waals surface area contributed by atoms with E-state index in [0.29, 0.717) is 26.4 Å². The van der Waals surface area contributed by atoms with Crippen LogP contribution in [0.25, 0.3) is 0 Å². The van der Waals surface area contributed by atoms with Crippen LogP contribution in [0.1, 0.15) is 21.0 Å². The third kappa shape index (κ3) is 5.43. The number of carbonyl (C=O) groups is 2. The normalized spacial score (nSPS) is 19.6. The number of hydrogen-bond acceptors (Lipinski definition) is 9. The van der Waals surface area contributed by atoms with E-state index in [1.54, 1.807) is 0 Å². The van der Waals surface area contributed by atoms with Crippen molar-refractivity contribution in [3.05, 3.63) is 17.5 Å². The fourth-order valence-corrected chi connectivity index (χ4v) is 1.54. The van der Waals surface area contributed by atoms with Gasteiger partial charge in [-0.2, -0.15) is 0 Å². The minimum atomic E-state index is -0.726. The van der Waals surface area contributed by atoms with Gasteiger partial charge < -0.3 is 28.2 Å². The first-order valence-electron chi connectivity index (χ1n) is 6.81. The van der Waals surface area contributed by atoms with Crippen molar-refractivity contribution < 1.29 is 37.8 Å². The third-order valence-electron chi connectivity index (χ3n) is 2.59. The standard InChI is InChI=1S/C13H17NO8/c15-12-10-9-11(22-14-10)13(16)21-8-6-19-4-2-17-1-3-18-5-7-20-12/h9H,1-8H2. The predicted octanol–water partition coefficient (Wildman–Crippen LogP) is 0.0516. The van der Waals surface area contributed by atoms with Crippen molar-refractivity contribution >= 4 is 11.9 Å². The molecule has 1 aliphatic heterocycles. The first kappa shape index (κ1) is 16.4. The van der Waals surface area contributed by atoms with Crippen LogP contribution in [0, 0.1) is 0 Å². The van der Waals surface area contributed by atoms with Crippen molar-refractivity contribution in [2.45, 2.75) is 0 Å². The Balaban J connectivity index is 1.89. The number of carbonyl (C=O) groups excluding carboxylic acids is 2. The molecule has 0 spiro atoms. The van der Waals surface area contributed by atoms with Crippen LogP contribution in [0.5, 0.6) is 0 Å². The molecule has 0 aromatic carbocycles. The van der Waals surface area contributed by atoms with Gasteiger partial charge in [0.1, 0.15) is 13.2 Å². The lowest BCUT2D eigenvalue weighted by molar-refractivity contribution is -0.00724. The average Bonchev–Trinajstić information content (AvgIpc) is 3.00. The van der Waals surface area contributed by atoms with Crippen LogP contribution in [-0.4, -0.2) is 70.0 Å². The highest BCUT2D eigenvalue weighted by Crippen LogP contribution is 2.07. The molecule has 1 aromatic rings. The van der Waals surface area contributed by atoms with E-state index in [-0.39, 0.29) is 37.9 Å². The molecule has 0 radical (unpaired) electrons. The summed E-state index contributed by atoms with van der Waals surface area (Å²) in [5, 5.41) is 3.46. The molecule has 0 saturated heterocycles. The van der Waals surface area contributed by atoms with Crippen molar-refractivity contribution in [1.29, 1.82) is 0 Å². The lowest BCUT2D eigenvalue weighted by Gasteiger charge is -2.07. The molecule has 9 nitrogen and oxygen atoms in total. The summed E-state index contributed by atoms with van der Waals surface area (Å²) in [5.74, 6) is -1.60. The van der Waals surface area contributed by atoms with Gasteiger partial charge in [0.15, 0.2) is 5.69 Å². The zero-order valence-corrected chi connectivity index (χ0v) is 11.9. The van der Waals surface area contributed by atoms with Crippen molar-refractivity contribution in [3.63, 3.8) is 0 Å². The molecule has 0 fully saturated rings. The molecule has 1 aliphatic rings. The summed E-state index contributed by atoms with van der Waals surface area (Å²) < 4.78 is 30.3. The van der Waals surface area contributed by atoms with E-state index in [4.69, 9.17) is 28.2 Å². The molecule has 22 heavy (non-hydrogen) atoms. The van der Waals surface area contributed by atoms with Crippen LogP contribution < -0.4 is 0 Å². The van der Waals surface area contributed by atoms with Gasteiger partial charge in [-0.25, -0.2) is 9.59 Å². The van der Waals surface area contributed by atoms with Crippen LogP contribution >= 0.6 is 0 Å². The Labute approximate surface area is 126 Å². The highest BCUT2D eigenvalue weighted by molar-refractivity contribution is 5.92. The summed E-state index contributed by atoms with van der Waals surface area (Å²) in [7, 11) is 0. The fourth-order valence-electron chi connectivity index (χ4n) is 1.54. The Morgan fingerprint density at radius 1 is 0.727 bits per heavy atom. The molecule has 2 heterocycles. The summed E-state index contributed by atoms with van der Waals surface area (Å²) in [6.45, 7) is 2.20. The second-order valence-electron chi connectivity index (χ2n) is 4.19. The molecule has 0 amide bonds. The topological polar surface area (TPSA) is 106 Å². The van der Waals surface area contributed by atoms with Gasteiger partial charge in [-0.05, 0) is 0 Å². The lowest BCUT2D eigenvalue weighted by Crippen LogP contribution is -2.16. The summed E-state index contributed by atoms with van der Waals surface area (Å²) in [6, 6.07) is 1.17. The van der Waals surface area contributed by atoms with Crippen molar-refractivity contribution in [3.8, 4) is 0 Å². The summed E-state index contributed by atoms with van der Waals surface area (Å²) in [4.78, 5) is 23.3. The quantitative estimate of drug-likeness (QED) is 0.614. The Kier molecular flexibility index (Phi) is 6.81. The summed E-state index contributed by atoms with van der Waals surface area (Å²) >= 11 is 0. The zero-order valence-electron chi connectivity index (χ0n) is 11.9. The molecule has 0 saturated carbocycles. The lowest BCUT2D eigenvalue weighted by atomic mass is 10.3. The van der Waals surface area contributed by atoms with Gasteiger partial charge in [-0.1, -0.05) is 5.16 Å². The zero-order chi connectivity index (χ0) is 15.6. The van der Waals surface area contributed by atoms with E-state index >= 15 is 0 Å². The maximum atomic E-state index is 11.6. The van der Waals surface area contributed by atoms with E-state index in [1.807, 2.05) is 0 Å². The number of hydrogen-bond donors (Lipinski definition) is 0. The maximum Gasteiger partial charge on any atom is 0.377 e. The molecule has 1 aromatic heterocycles.